The molecule has 5 nitrogen and oxygen atoms in total. The third-order valence-corrected chi connectivity index (χ3v) is 3.53. The Balaban J connectivity index is 3.94. The molecule has 3 N–H and O–H groups in total. The Labute approximate surface area is 99.6 Å². The molecule has 0 rings (SSSR count). The van der Waals surface area contributed by atoms with Gasteiger partial charge in [0.1, 0.15) is 6.04 Å². The molecule has 16 heavy (non-hydrogen) atoms. The highest BCUT2D eigenvalue weighted by atomic mass is 32.2. The summed E-state index contributed by atoms with van der Waals surface area (Å²) < 4.78 is 0. The molecule has 0 saturated carbocycles. The minimum Gasteiger partial charge on any atom is -0.480 e. The number of aliphatic carboxylic acids is 1. The topological polar surface area (TPSA) is 86.6 Å². The lowest BCUT2D eigenvalue weighted by Gasteiger charge is -2.16. The van der Waals surface area contributed by atoms with Gasteiger partial charge in [-0.25, -0.2) is 4.79 Å². The highest BCUT2D eigenvalue weighted by Crippen LogP contribution is 2.15. The molecule has 94 valence electrons. The van der Waals surface area contributed by atoms with Crippen molar-refractivity contribution in [2.24, 2.45) is 0 Å². The second kappa shape index (κ2) is 7.51. The number of nitrogens with one attached hydrogen (secondary N) is 1. The van der Waals surface area contributed by atoms with Gasteiger partial charge in [-0.3, -0.25) is 4.79 Å². The van der Waals surface area contributed by atoms with Crippen molar-refractivity contribution in [2.75, 3.05) is 5.75 Å². The standard InChI is InChI=1S/C10H19NO4S/c1-6(12)7(2)16-5-4-9(10(14)15)11-8(3)13/h6-7,9,12H,4-5H2,1-3H3,(H,11,13)(H,14,15). The lowest BCUT2D eigenvalue weighted by molar-refractivity contribution is -0.141. The van der Waals surface area contributed by atoms with Crippen molar-refractivity contribution in [2.45, 2.75) is 44.6 Å². The monoisotopic (exact) mass is 249 g/mol. The Hall–Kier alpha value is -0.750. The molecule has 3 atom stereocenters. The summed E-state index contributed by atoms with van der Waals surface area (Å²) >= 11 is 1.49. The highest BCUT2D eigenvalue weighted by Gasteiger charge is 2.18. The van der Waals surface area contributed by atoms with Crippen molar-refractivity contribution in [3.63, 3.8) is 0 Å². The van der Waals surface area contributed by atoms with Crippen LogP contribution in [0.2, 0.25) is 0 Å². The molecule has 3 unspecified atom stereocenters. The number of amides is 1. The van der Waals surface area contributed by atoms with Gasteiger partial charge in [0.25, 0.3) is 0 Å². The van der Waals surface area contributed by atoms with E-state index in [1.54, 1.807) is 6.92 Å². The average molecular weight is 249 g/mol. The van der Waals surface area contributed by atoms with E-state index in [2.05, 4.69) is 5.32 Å². The molecule has 0 fully saturated rings. The lowest BCUT2D eigenvalue weighted by atomic mass is 10.2. The summed E-state index contributed by atoms with van der Waals surface area (Å²) in [4.78, 5) is 21.5. The van der Waals surface area contributed by atoms with Crippen LogP contribution in [0.15, 0.2) is 0 Å². The molecular formula is C10H19NO4S. The molecule has 0 aromatic heterocycles. The summed E-state index contributed by atoms with van der Waals surface area (Å²) in [6.45, 7) is 4.87. The third-order valence-electron chi connectivity index (χ3n) is 2.14. The smallest absolute Gasteiger partial charge is 0.326 e. The first kappa shape index (κ1) is 15.2. The second-order valence-electron chi connectivity index (χ2n) is 3.70. The van der Waals surface area contributed by atoms with Crippen LogP contribution in [0.25, 0.3) is 0 Å². The number of rotatable bonds is 7. The van der Waals surface area contributed by atoms with Gasteiger partial charge in [0.05, 0.1) is 6.10 Å². The van der Waals surface area contributed by atoms with Crippen molar-refractivity contribution in [1.29, 1.82) is 0 Å². The SMILES string of the molecule is CC(=O)NC(CCSC(C)C(C)O)C(=O)O. The molecule has 0 bridgehead atoms. The zero-order chi connectivity index (χ0) is 12.7. The number of carboxylic acid groups (broad SMARTS) is 1. The van der Waals surface area contributed by atoms with Crippen molar-refractivity contribution < 1.29 is 19.8 Å². The molecule has 0 saturated heterocycles. The first-order valence-corrected chi connectivity index (χ1v) is 6.19. The zero-order valence-electron chi connectivity index (χ0n) is 9.77. The normalized spacial score (nSPS) is 16.2. The Bertz CT molecular complexity index is 245. The fourth-order valence-corrected chi connectivity index (χ4v) is 2.04. The van der Waals surface area contributed by atoms with Gasteiger partial charge in [-0.1, -0.05) is 6.92 Å². The van der Waals surface area contributed by atoms with E-state index >= 15 is 0 Å². The van der Waals surface area contributed by atoms with E-state index in [9.17, 15) is 14.7 Å². The summed E-state index contributed by atoms with van der Waals surface area (Å²) in [5.41, 5.74) is 0. The van der Waals surface area contributed by atoms with Gasteiger partial charge in [-0.05, 0) is 19.1 Å². The number of carboxylic acids is 1. The number of aliphatic hydroxyl groups excluding tert-OH is 1. The largest absolute Gasteiger partial charge is 0.480 e. The van der Waals surface area contributed by atoms with E-state index in [0.717, 1.165) is 0 Å². The minimum atomic E-state index is -1.03. The Morgan fingerprint density at radius 3 is 2.31 bits per heavy atom. The first-order chi connectivity index (χ1) is 7.34. The fourth-order valence-electron chi connectivity index (χ4n) is 1.01. The molecule has 0 radical (unpaired) electrons. The van der Waals surface area contributed by atoms with Crippen LogP contribution in [-0.4, -0.2) is 45.2 Å². The van der Waals surface area contributed by atoms with Crippen molar-refractivity contribution >= 4 is 23.6 Å². The molecular weight excluding hydrogens is 230 g/mol. The Morgan fingerprint density at radius 1 is 1.38 bits per heavy atom. The van der Waals surface area contributed by atoms with Gasteiger partial charge in [0.15, 0.2) is 0 Å². The molecule has 0 aliphatic carbocycles. The summed E-state index contributed by atoms with van der Waals surface area (Å²) in [6, 6.07) is -0.841. The second-order valence-corrected chi connectivity index (χ2v) is 5.18. The Morgan fingerprint density at radius 2 is 1.94 bits per heavy atom. The lowest BCUT2D eigenvalue weighted by Crippen LogP contribution is -2.40. The number of hydrogen-bond acceptors (Lipinski definition) is 4. The van der Waals surface area contributed by atoms with E-state index in [-0.39, 0.29) is 11.2 Å². The molecule has 0 aliphatic heterocycles. The fraction of sp³-hybridized carbons (Fsp3) is 0.800. The van der Waals surface area contributed by atoms with E-state index in [1.807, 2.05) is 6.92 Å². The van der Waals surface area contributed by atoms with Crippen LogP contribution in [-0.2, 0) is 9.59 Å². The molecule has 0 aromatic rings. The van der Waals surface area contributed by atoms with Crippen LogP contribution in [0.4, 0.5) is 0 Å². The van der Waals surface area contributed by atoms with Crippen molar-refractivity contribution in [3.05, 3.63) is 0 Å². The number of thioether (sulfide) groups is 1. The highest BCUT2D eigenvalue weighted by molar-refractivity contribution is 7.99. The number of carbonyl (C=O) groups is 2. The van der Waals surface area contributed by atoms with Crippen LogP contribution in [0, 0.1) is 0 Å². The minimum absolute atomic E-state index is 0.0618. The molecule has 6 heteroatoms. The molecule has 0 spiro atoms. The molecule has 0 heterocycles. The quantitative estimate of drug-likeness (QED) is 0.610. The van der Waals surface area contributed by atoms with E-state index in [1.165, 1.54) is 18.7 Å². The third kappa shape index (κ3) is 6.68. The van der Waals surface area contributed by atoms with Gasteiger partial charge >= 0.3 is 5.97 Å². The van der Waals surface area contributed by atoms with Crippen LogP contribution < -0.4 is 5.32 Å². The average Bonchev–Trinajstić information content (AvgIpc) is 2.14. The summed E-state index contributed by atoms with van der Waals surface area (Å²) in [7, 11) is 0. The van der Waals surface area contributed by atoms with Crippen LogP contribution in [0.1, 0.15) is 27.2 Å². The maximum Gasteiger partial charge on any atom is 0.326 e. The van der Waals surface area contributed by atoms with Crippen LogP contribution in [0.3, 0.4) is 0 Å². The molecule has 1 amide bonds. The van der Waals surface area contributed by atoms with Gasteiger partial charge in [-0.15, -0.1) is 0 Å². The van der Waals surface area contributed by atoms with Crippen LogP contribution in [0.5, 0.6) is 0 Å². The Kier molecular flexibility index (Phi) is 7.16. The number of aliphatic hydroxyl groups is 1. The summed E-state index contributed by atoms with van der Waals surface area (Å²) in [5, 5.41) is 20.5. The maximum atomic E-state index is 10.8. The predicted molar refractivity (Wildman–Crippen MR) is 63.5 cm³/mol. The summed E-state index contributed by atoms with van der Waals surface area (Å²) in [5.74, 6) is -0.787. The first-order valence-electron chi connectivity index (χ1n) is 5.14. The van der Waals surface area contributed by atoms with Gasteiger partial charge in [0.2, 0.25) is 5.91 Å². The van der Waals surface area contributed by atoms with Crippen molar-refractivity contribution in [1.82, 2.24) is 5.32 Å². The van der Waals surface area contributed by atoms with Gasteiger partial charge < -0.3 is 15.5 Å². The molecule has 0 aromatic carbocycles. The summed E-state index contributed by atoms with van der Waals surface area (Å²) in [6.07, 6.45) is -0.0644. The van der Waals surface area contributed by atoms with Crippen LogP contribution >= 0.6 is 11.8 Å². The zero-order valence-corrected chi connectivity index (χ0v) is 10.6. The van der Waals surface area contributed by atoms with Gasteiger partial charge in [0, 0.05) is 12.2 Å². The van der Waals surface area contributed by atoms with Gasteiger partial charge in [-0.2, -0.15) is 11.8 Å². The molecule has 0 aliphatic rings. The number of hydrogen-bond donors (Lipinski definition) is 3. The van der Waals surface area contributed by atoms with Crippen molar-refractivity contribution in [3.8, 4) is 0 Å². The van der Waals surface area contributed by atoms with E-state index in [4.69, 9.17) is 5.11 Å². The van der Waals surface area contributed by atoms with E-state index < -0.39 is 18.1 Å². The predicted octanol–water partition coefficient (Wildman–Crippen LogP) is 0.468. The maximum absolute atomic E-state index is 10.8. The number of carbonyl (C=O) groups excluding carboxylic acids is 1. The van der Waals surface area contributed by atoms with E-state index in [0.29, 0.717) is 12.2 Å².